The Kier molecular flexibility index (Phi) is 6.86. The average molecular weight is 515 g/mol. The van der Waals surface area contributed by atoms with Crippen LogP contribution in [0.1, 0.15) is 78.4 Å². The van der Waals surface area contributed by atoms with E-state index in [1.165, 1.54) is 37.7 Å². The number of hydrogen-bond donors (Lipinski definition) is 2. The molecule has 1 aromatic heterocycles. The van der Waals surface area contributed by atoms with Crippen LogP contribution in [0.2, 0.25) is 0 Å². The van der Waals surface area contributed by atoms with Crippen LogP contribution in [0.4, 0.5) is 8.78 Å². The van der Waals surface area contributed by atoms with Gasteiger partial charge in [0.1, 0.15) is 0 Å². The van der Waals surface area contributed by atoms with Gasteiger partial charge in [-0.15, -0.1) is 11.3 Å². The van der Waals surface area contributed by atoms with Crippen molar-refractivity contribution in [1.82, 2.24) is 20.5 Å². The van der Waals surface area contributed by atoms with Crippen LogP contribution in [-0.2, 0) is 16.8 Å². The van der Waals surface area contributed by atoms with Crippen molar-refractivity contribution in [1.29, 1.82) is 0 Å². The molecule has 8 heteroatoms. The standard InChI is InChI=1S/C28H36F2N4OS/c29-25(30)26-33-22-15-32-17-28(24(22)36-26)16-31-14-21(28)27(35)34-12-11-20(18-7-3-1-4-8-18)13-23(34)19-9-5-2-6-10-19/h1,3-4,7-8,19-21,23,25,31-32H,2,5-6,9-17H2/t20-,21?,23+,28+/m1/s1. The average Bonchev–Trinajstić information content (AvgIpc) is 3.55. The molecule has 0 radical (unpaired) electrons. The van der Waals surface area contributed by atoms with Gasteiger partial charge in [0.05, 0.1) is 11.6 Å². The molecule has 1 saturated carbocycles. The first kappa shape index (κ1) is 24.4. The smallest absolute Gasteiger partial charge is 0.289 e. The Hall–Kier alpha value is -1.90. The molecule has 194 valence electrons. The highest BCUT2D eigenvalue weighted by atomic mass is 32.1. The zero-order chi connectivity index (χ0) is 24.7. The number of aromatic nitrogens is 1. The van der Waals surface area contributed by atoms with E-state index in [1.54, 1.807) is 0 Å². The molecule has 3 fully saturated rings. The molecule has 1 spiro atoms. The van der Waals surface area contributed by atoms with Gasteiger partial charge in [-0.3, -0.25) is 4.79 Å². The summed E-state index contributed by atoms with van der Waals surface area (Å²) in [7, 11) is 0. The highest BCUT2D eigenvalue weighted by Gasteiger charge is 2.54. The Morgan fingerprint density at radius 2 is 1.86 bits per heavy atom. The molecule has 1 unspecified atom stereocenters. The third kappa shape index (κ3) is 4.29. The quantitative estimate of drug-likeness (QED) is 0.603. The number of nitrogens with one attached hydrogen (secondary N) is 2. The SMILES string of the molecule is O=C(C1CNC[C@]12CNCc1nc(C(F)F)sc12)N1CC[C@@H](c2ccccc2)C[C@H]1C1CCCCC1. The predicted octanol–water partition coefficient (Wildman–Crippen LogP) is 5.00. The molecule has 3 aliphatic heterocycles. The van der Waals surface area contributed by atoms with Crippen LogP contribution < -0.4 is 10.6 Å². The van der Waals surface area contributed by atoms with Crippen molar-refractivity contribution in [3.63, 3.8) is 0 Å². The molecule has 4 aliphatic rings. The zero-order valence-corrected chi connectivity index (χ0v) is 21.5. The van der Waals surface area contributed by atoms with E-state index < -0.39 is 11.8 Å². The second-order valence-electron chi connectivity index (χ2n) is 11.2. The molecule has 4 heterocycles. The fraction of sp³-hybridized carbons (Fsp3) is 0.643. The number of amides is 1. The minimum absolute atomic E-state index is 0.120. The second kappa shape index (κ2) is 10.1. The van der Waals surface area contributed by atoms with E-state index in [4.69, 9.17) is 0 Å². The maximum atomic E-state index is 14.4. The molecule has 36 heavy (non-hydrogen) atoms. The minimum atomic E-state index is -2.58. The topological polar surface area (TPSA) is 57.3 Å². The fourth-order valence-corrected chi connectivity index (χ4v) is 8.61. The van der Waals surface area contributed by atoms with Gasteiger partial charge < -0.3 is 15.5 Å². The van der Waals surface area contributed by atoms with Crippen LogP contribution in [0.3, 0.4) is 0 Å². The van der Waals surface area contributed by atoms with Gasteiger partial charge in [-0.05, 0) is 43.1 Å². The summed E-state index contributed by atoms with van der Waals surface area (Å²) >= 11 is 1.12. The first-order valence-electron chi connectivity index (χ1n) is 13.6. The molecule has 6 rings (SSSR count). The summed E-state index contributed by atoms with van der Waals surface area (Å²) in [6.45, 7) is 3.12. The van der Waals surface area contributed by atoms with E-state index in [9.17, 15) is 13.6 Å². The van der Waals surface area contributed by atoms with E-state index in [0.29, 0.717) is 43.7 Å². The number of carbonyl (C=O) groups excluding carboxylic acids is 1. The minimum Gasteiger partial charge on any atom is -0.339 e. The molecular formula is C28H36F2N4OS. The summed E-state index contributed by atoms with van der Waals surface area (Å²) < 4.78 is 27.1. The number of alkyl halides is 2. The van der Waals surface area contributed by atoms with Gasteiger partial charge >= 0.3 is 0 Å². The van der Waals surface area contributed by atoms with Crippen molar-refractivity contribution < 1.29 is 13.6 Å². The first-order chi connectivity index (χ1) is 17.6. The fourth-order valence-electron chi connectivity index (χ4n) is 7.43. The molecule has 2 saturated heterocycles. The van der Waals surface area contributed by atoms with Gasteiger partial charge in [-0.1, -0.05) is 49.6 Å². The van der Waals surface area contributed by atoms with Gasteiger partial charge in [0, 0.05) is 49.1 Å². The van der Waals surface area contributed by atoms with Crippen molar-refractivity contribution in [2.45, 2.75) is 75.3 Å². The summed E-state index contributed by atoms with van der Waals surface area (Å²) in [5.41, 5.74) is 1.59. The third-order valence-corrected chi connectivity index (χ3v) is 10.6. The van der Waals surface area contributed by atoms with E-state index in [-0.39, 0.29) is 22.9 Å². The normalized spacial score (nSPS) is 31.2. The number of benzene rings is 1. The molecule has 2 N–H and O–H groups in total. The zero-order valence-electron chi connectivity index (χ0n) is 20.7. The first-order valence-corrected chi connectivity index (χ1v) is 14.4. The number of nitrogens with zero attached hydrogens (tertiary/aromatic N) is 2. The number of hydrogen-bond acceptors (Lipinski definition) is 5. The Bertz CT molecular complexity index is 1070. The van der Waals surface area contributed by atoms with Crippen molar-refractivity contribution in [2.24, 2.45) is 11.8 Å². The number of fused-ring (bicyclic) bond motifs is 2. The molecule has 2 aromatic rings. The molecule has 4 atom stereocenters. The van der Waals surface area contributed by atoms with Gasteiger partial charge in [-0.2, -0.15) is 0 Å². The largest absolute Gasteiger partial charge is 0.339 e. The molecular weight excluding hydrogens is 478 g/mol. The molecule has 1 aromatic carbocycles. The van der Waals surface area contributed by atoms with Crippen molar-refractivity contribution in [2.75, 3.05) is 26.2 Å². The van der Waals surface area contributed by atoms with Crippen LogP contribution in [-0.4, -0.2) is 48.0 Å². The van der Waals surface area contributed by atoms with E-state index in [1.807, 2.05) is 0 Å². The number of halogens is 2. The molecule has 1 aliphatic carbocycles. The highest BCUT2D eigenvalue weighted by molar-refractivity contribution is 7.12. The Morgan fingerprint density at radius 3 is 2.64 bits per heavy atom. The molecule has 5 nitrogen and oxygen atoms in total. The van der Waals surface area contributed by atoms with E-state index in [2.05, 4.69) is 50.8 Å². The lowest BCUT2D eigenvalue weighted by Crippen LogP contribution is -2.57. The summed E-state index contributed by atoms with van der Waals surface area (Å²) in [6, 6.07) is 11.0. The number of rotatable bonds is 4. The van der Waals surface area contributed by atoms with Crippen LogP contribution in [0.15, 0.2) is 30.3 Å². The number of likely N-dealkylation sites (tertiary alicyclic amines) is 1. The molecule has 0 bridgehead atoms. The predicted molar refractivity (Wildman–Crippen MR) is 137 cm³/mol. The number of thiazole rings is 1. The third-order valence-electron chi connectivity index (χ3n) is 9.23. The lowest BCUT2D eigenvalue weighted by atomic mass is 9.71. The van der Waals surface area contributed by atoms with Crippen molar-refractivity contribution in [3.05, 3.63) is 51.5 Å². The van der Waals surface area contributed by atoms with Gasteiger partial charge in [0.25, 0.3) is 6.43 Å². The monoisotopic (exact) mass is 514 g/mol. The van der Waals surface area contributed by atoms with E-state index >= 15 is 0 Å². The summed E-state index contributed by atoms with van der Waals surface area (Å²) in [4.78, 5) is 21.8. The summed E-state index contributed by atoms with van der Waals surface area (Å²) in [5, 5.41) is 6.75. The Morgan fingerprint density at radius 1 is 1.08 bits per heavy atom. The Labute approximate surface area is 216 Å². The van der Waals surface area contributed by atoms with E-state index in [0.717, 1.165) is 35.6 Å². The highest BCUT2D eigenvalue weighted by Crippen LogP contribution is 2.46. The van der Waals surface area contributed by atoms with Crippen LogP contribution in [0, 0.1) is 11.8 Å². The van der Waals surface area contributed by atoms with Gasteiger partial charge in [0.2, 0.25) is 5.91 Å². The summed E-state index contributed by atoms with van der Waals surface area (Å²) in [5.74, 6) is 0.988. The lowest BCUT2D eigenvalue weighted by Gasteiger charge is -2.47. The second-order valence-corrected chi connectivity index (χ2v) is 12.2. The lowest BCUT2D eigenvalue weighted by molar-refractivity contribution is -0.142. The van der Waals surface area contributed by atoms with Crippen molar-refractivity contribution >= 4 is 17.2 Å². The van der Waals surface area contributed by atoms with Crippen LogP contribution >= 0.6 is 11.3 Å². The van der Waals surface area contributed by atoms with Crippen molar-refractivity contribution in [3.8, 4) is 0 Å². The maximum Gasteiger partial charge on any atom is 0.289 e. The van der Waals surface area contributed by atoms with Crippen LogP contribution in [0.25, 0.3) is 0 Å². The maximum absolute atomic E-state index is 14.4. The number of piperidine rings is 1. The number of carbonyl (C=O) groups is 1. The van der Waals surface area contributed by atoms with Crippen LogP contribution in [0.5, 0.6) is 0 Å². The van der Waals surface area contributed by atoms with Gasteiger partial charge in [-0.25, -0.2) is 13.8 Å². The Balaban J connectivity index is 1.30. The summed E-state index contributed by atoms with van der Waals surface area (Å²) in [6.07, 6.45) is 5.61. The van der Waals surface area contributed by atoms with Gasteiger partial charge in [0.15, 0.2) is 5.01 Å². The molecule has 1 amide bonds.